The molecular weight excluding hydrogens is 204 g/mol. The lowest BCUT2D eigenvalue weighted by molar-refractivity contribution is -0.137. The summed E-state index contributed by atoms with van der Waals surface area (Å²) >= 11 is 0. The molecular formula is C12H24N2O2. The molecule has 16 heavy (non-hydrogen) atoms. The highest BCUT2D eigenvalue weighted by Gasteiger charge is 2.27. The molecule has 1 amide bonds. The lowest BCUT2D eigenvalue weighted by atomic mass is 9.85. The van der Waals surface area contributed by atoms with Crippen LogP contribution < -0.4 is 5.73 Å². The molecule has 0 radical (unpaired) electrons. The van der Waals surface area contributed by atoms with Gasteiger partial charge in [0.25, 0.3) is 0 Å². The van der Waals surface area contributed by atoms with E-state index in [4.69, 9.17) is 10.8 Å². The minimum Gasteiger partial charge on any atom is -0.395 e. The van der Waals surface area contributed by atoms with Gasteiger partial charge in [-0.2, -0.15) is 0 Å². The third-order valence-electron chi connectivity index (χ3n) is 3.30. The number of aliphatic hydroxyl groups is 1. The van der Waals surface area contributed by atoms with Gasteiger partial charge in [0, 0.05) is 25.0 Å². The summed E-state index contributed by atoms with van der Waals surface area (Å²) < 4.78 is 0. The first-order valence-electron chi connectivity index (χ1n) is 6.34. The Morgan fingerprint density at radius 2 is 1.94 bits per heavy atom. The van der Waals surface area contributed by atoms with E-state index in [1.54, 1.807) is 4.90 Å². The molecule has 94 valence electrons. The molecule has 1 saturated carbocycles. The number of carbonyl (C=O) groups excluding carboxylic acids is 1. The maximum Gasteiger partial charge on any atom is 0.225 e. The quantitative estimate of drug-likeness (QED) is 0.729. The lowest BCUT2D eigenvalue weighted by Gasteiger charge is -2.30. The van der Waals surface area contributed by atoms with Gasteiger partial charge in [0.15, 0.2) is 0 Å². The van der Waals surface area contributed by atoms with Crippen LogP contribution in [0, 0.1) is 5.92 Å². The van der Waals surface area contributed by atoms with Gasteiger partial charge in [0.05, 0.1) is 6.61 Å². The van der Waals surface area contributed by atoms with Crippen molar-refractivity contribution < 1.29 is 9.90 Å². The second kappa shape index (κ2) is 6.86. The average Bonchev–Trinajstić information content (AvgIpc) is 2.29. The molecule has 0 aliphatic heterocycles. The number of hydrogen-bond acceptors (Lipinski definition) is 3. The lowest BCUT2D eigenvalue weighted by Crippen LogP contribution is -2.41. The molecule has 0 spiro atoms. The van der Waals surface area contributed by atoms with Crippen molar-refractivity contribution in [1.82, 2.24) is 4.90 Å². The summed E-state index contributed by atoms with van der Waals surface area (Å²) in [7, 11) is 0. The van der Waals surface area contributed by atoms with Gasteiger partial charge >= 0.3 is 0 Å². The third kappa shape index (κ3) is 3.76. The van der Waals surface area contributed by atoms with E-state index in [0.29, 0.717) is 6.54 Å². The first-order chi connectivity index (χ1) is 7.69. The molecule has 0 atom stereocenters. The highest BCUT2D eigenvalue weighted by molar-refractivity contribution is 5.78. The molecule has 1 rings (SSSR count). The van der Waals surface area contributed by atoms with Crippen molar-refractivity contribution in [1.29, 1.82) is 0 Å². The van der Waals surface area contributed by atoms with Crippen LogP contribution in [-0.2, 0) is 4.79 Å². The Morgan fingerprint density at radius 1 is 1.31 bits per heavy atom. The summed E-state index contributed by atoms with van der Waals surface area (Å²) in [5, 5.41) is 8.94. The van der Waals surface area contributed by atoms with E-state index in [2.05, 4.69) is 6.92 Å². The molecule has 0 aromatic rings. The van der Waals surface area contributed by atoms with E-state index in [1.165, 1.54) is 0 Å². The SMILES string of the molecule is CCCN(CCO)C(=O)C1CCC(N)CC1. The van der Waals surface area contributed by atoms with E-state index >= 15 is 0 Å². The second-order valence-corrected chi connectivity index (χ2v) is 4.66. The molecule has 0 aromatic carbocycles. The largest absolute Gasteiger partial charge is 0.395 e. The van der Waals surface area contributed by atoms with Gasteiger partial charge in [-0.1, -0.05) is 6.92 Å². The van der Waals surface area contributed by atoms with Gasteiger partial charge in [0.1, 0.15) is 0 Å². The van der Waals surface area contributed by atoms with Crippen LogP contribution in [0.3, 0.4) is 0 Å². The second-order valence-electron chi connectivity index (χ2n) is 4.66. The van der Waals surface area contributed by atoms with Crippen LogP contribution in [0.15, 0.2) is 0 Å². The Balaban J connectivity index is 2.46. The Morgan fingerprint density at radius 3 is 2.44 bits per heavy atom. The minimum absolute atomic E-state index is 0.0535. The molecule has 0 saturated heterocycles. The Labute approximate surface area is 97.8 Å². The monoisotopic (exact) mass is 228 g/mol. The number of amides is 1. The standard InChI is InChI=1S/C12H24N2O2/c1-2-7-14(8-9-15)12(16)10-3-5-11(13)6-4-10/h10-11,15H,2-9,13H2,1H3. The Hall–Kier alpha value is -0.610. The minimum atomic E-state index is 0.0535. The van der Waals surface area contributed by atoms with E-state index in [-0.39, 0.29) is 24.5 Å². The Bertz CT molecular complexity index is 207. The summed E-state index contributed by atoms with van der Waals surface area (Å²) in [6.45, 7) is 3.32. The van der Waals surface area contributed by atoms with Crippen molar-refractivity contribution in [2.24, 2.45) is 11.7 Å². The molecule has 4 nitrogen and oxygen atoms in total. The van der Waals surface area contributed by atoms with Crippen molar-refractivity contribution in [3.8, 4) is 0 Å². The highest BCUT2D eigenvalue weighted by Crippen LogP contribution is 2.24. The summed E-state index contributed by atoms with van der Waals surface area (Å²) in [6, 6.07) is 0.279. The smallest absolute Gasteiger partial charge is 0.225 e. The molecule has 1 fully saturated rings. The van der Waals surface area contributed by atoms with Crippen LogP contribution in [0.5, 0.6) is 0 Å². The summed E-state index contributed by atoms with van der Waals surface area (Å²) in [6.07, 6.45) is 4.67. The molecule has 0 heterocycles. The fourth-order valence-corrected chi connectivity index (χ4v) is 2.35. The fraction of sp³-hybridized carbons (Fsp3) is 0.917. The van der Waals surface area contributed by atoms with Crippen molar-refractivity contribution in [3.63, 3.8) is 0 Å². The fourth-order valence-electron chi connectivity index (χ4n) is 2.35. The number of carbonyl (C=O) groups is 1. The van der Waals surface area contributed by atoms with E-state index in [0.717, 1.165) is 38.6 Å². The van der Waals surface area contributed by atoms with Crippen LogP contribution in [0.4, 0.5) is 0 Å². The normalized spacial score (nSPS) is 25.4. The predicted molar refractivity (Wildman–Crippen MR) is 63.9 cm³/mol. The maximum atomic E-state index is 12.2. The highest BCUT2D eigenvalue weighted by atomic mass is 16.3. The molecule has 3 N–H and O–H groups in total. The van der Waals surface area contributed by atoms with Crippen molar-refractivity contribution in [2.75, 3.05) is 19.7 Å². The van der Waals surface area contributed by atoms with E-state index in [9.17, 15) is 4.79 Å². The first-order valence-corrected chi connectivity index (χ1v) is 6.34. The van der Waals surface area contributed by atoms with Crippen LogP contribution in [0.25, 0.3) is 0 Å². The maximum absolute atomic E-state index is 12.2. The van der Waals surface area contributed by atoms with E-state index < -0.39 is 0 Å². The Kier molecular flexibility index (Phi) is 5.77. The number of nitrogens with two attached hydrogens (primary N) is 1. The van der Waals surface area contributed by atoms with Crippen molar-refractivity contribution in [3.05, 3.63) is 0 Å². The molecule has 0 aromatic heterocycles. The van der Waals surface area contributed by atoms with Crippen LogP contribution in [0.2, 0.25) is 0 Å². The third-order valence-corrected chi connectivity index (χ3v) is 3.30. The summed E-state index contributed by atoms with van der Waals surface area (Å²) in [5.74, 6) is 0.348. The van der Waals surface area contributed by atoms with Crippen molar-refractivity contribution >= 4 is 5.91 Å². The number of hydrogen-bond donors (Lipinski definition) is 2. The molecule has 1 aliphatic carbocycles. The molecule has 4 heteroatoms. The number of rotatable bonds is 5. The van der Waals surface area contributed by atoms with Crippen LogP contribution >= 0.6 is 0 Å². The molecule has 0 unspecified atom stereocenters. The van der Waals surface area contributed by atoms with Gasteiger partial charge in [-0.3, -0.25) is 4.79 Å². The van der Waals surface area contributed by atoms with Gasteiger partial charge in [-0.05, 0) is 32.1 Å². The average molecular weight is 228 g/mol. The predicted octanol–water partition coefficient (Wildman–Crippen LogP) is 0.735. The van der Waals surface area contributed by atoms with Gasteiger partial charge < -0.3 is 15.7 Å². The summed E-state index contributed by atoms with van der Waals surface area (Å²) in [4.78, 5) is 14.0. The zero-order chi connectivity index (χ0) is 12.0. The topological polar surface area (TPSA) is 66.6 Å². The number of nitrogens with zero attached hydrogens (tertiary/aromatic N) is 1. The zero-order valence-corrected chi connectivity index (χ0v) is 10.2. The zero-order valence-electron chi connectivity index (χ0n) is 10.2. The molecule has 1 aliphatic rings. The van der Waals surface area contributed by atoms with Gasteiger partial charge in [-0.15, -0.1) is 0 Å². The van der Waals surface area contributed by atoms with Crippen LogP contribution in [-0.4, -0.2) is 41.7 Å². The summed E-state index contributed by atoms with van der Waals surface area (Å²) in [5.41, 5.74) is 5.83. The van der Waals surface area contributed by atoms with Crippen molar-refractivity contribution in [2.45, 2.75) is 45.1 Å². The molecule has 0 bridgehead atoms. The number of aliphatic hydroxyl groups excluding tert-OH is 1. The van der Waals surface area contributed by atoms with Gasteiger partial charge in [-0.25, -0.2) is 0 Å². The first kappa shape index (κ1) is 13.5. The van der Waals surface area contributed by atoms with E-state index in [1.807, 2.05) is 0 Å². The van der Waals surface area contributed by atoms with Crippen LogP contribution in [0.1, 0.15) is 39.0 Å². The van der Waals surface area contributed by atoms with Gasteiger partial charge in [0.2, 0.25) is 5.91 Å².